The zero-order chi connectivity index (χ0) is 15.0. The maximum atomic E-state index is 14.0. The molecule has 0 bridgehead atoms. The second-order valence-corrected chi connectivity index (χ2v) is 5.81. The number of benzene rings is 2. The van der Waals surface area contributed by atoms with Gasteiger partial charge in [0.25, 0.3) is 5.91 Å². The average molecular weight is 352 g/mol. The molecule has 0 radical (unpaired) electrons. The van der Waals surface area contributed by atoms with Gasteiger partial charge in [0.05, 0.1) is 11.0 Å². The number of carbonyl (C=O) groups is 1. The molecule has 3 rings (SSSR count). The third-order valence-corrected chi connectivity index (χ3v) is 4.29. The summed E-state index contributed by atoms with van der Waals surface area (Å²) in [4.78, 5) is 13.9. The molecule has 0 spiro atoms. The van der Waals surface area contributed by atoms with Gasteiger partial charge in [-0.25, -0.2) is 8.78 Å². The molecular weight excluding hydrogens is 340 g/mol. The third kappa shape index (κ3) is 2.58. The van der Waals surface area contributed by atoms with E-state index in [1.165, 1.54) is 17.0 Å². The molecule has 0 atom stereocenters. The summed E-state index contributed by atoms with van der Waals surface area (Å²) in [5.74, 6) is -1.47. The lowest BCUT2D eigenvalue weighted by molar-refractivity contribution is 0.0723. The molecule has 0 N–H and O–H groups in total. The van der Waals surface area contributed by atoms with Crippen molar-refractivity contribution in [2.45, 2.75) is 13.0 Å². The second kappa shape index (κ2) is 5.56. The van der Waals surface area contributed by atoms with Crippen molar-refractivity contribution in [1.82, 2.24) is 4.90 Å². The van der Waals surface area contributed by atoms with Gasteiger partial charge in [-0.1, -0.05) is 18.2 Å². The van der Waals surface area contributed by atoms with Crippen molar-refractivity contribution in [3.8, 4) is 0 Å². The topological polar surface area (TPSA) is 20.3 Å². The van der Waals surface area contributed by atoms with Crippen LogP contribution >= 0.6 is 15.9 Å². The Morgan fingerprint density at radius 2 is 1.90 bits per heavy atom. The van der Waals surface area contributed by atoms with E-state index in [0.29, 0.717) is 18.5 Å². The molecule has 0 saturated heterocycles. The smallest absolute Gasteiger partial charge is 0.254 e. The van der Waals surface area contributed by atoms with Gasteiger partial charge in [0, 0.05) is 17.7 Å². The van der Waals surface area contributed by atoms with Crippen molar-refractivity contribution in [2.75, 3.05) is 6.54 Å². The Morgan fingerprint density at radius 3 is 2.71 bits per heavy atom. The lowest BCUT2D eigenvalue weighted by Crippen LogP contribution is -2.37. The van der Waals surface area contributed by atoms with E-state index in [1.54, 1.807) is 12.1 Å². The van der Waals surface area contributed by atoms with Gasteiger partial charge >= 0.3 is 0 Å². The van der Waals surface area contributed by atoms with E-state index in [4.69, 9.17) is 0 Å². The van der Waals surface area contributed by atoms with Gasteiger partial charge in [-0.3, -0.25) is 4.79 Å². The molecule has 1 aliphatic rings. The zero-order valence-corrected chi connectivity index (χ0v) is 12.7. The van der Waals surface area contributed by atoms with E-state index in [9.17, 15) is 13.6 Å². The normalized spacial score (nSPS) is 14.2. The van der Waals surface area contributed by atoms with Crippen molar-refractivity contribution in [2.24, 2.45) is 0 Å². The summed E-state index contributed by atoms with van der Waals surface area (Å²) in [6.45, 7) is 0.394. The van der Waals surface area contributed by atoms with Crippen LogP contribution in [0.25, 0.3) is 0 Å². The molecule has 0 unspecified atom stereocenters. The van der Waals surface area contributed by atoms with Crippen LogP contribution in [0.5, 0.6) is 0 Å². The molecule has 1 aliphatic heterocycles. The predicted molar refractivity (Wildman–Crippen MR) is 78.9 cm³/mol. The molecule has 1 heterocycles. The minimum Gasteiger partial charge on any atom is -0.334 e. The molecule has 2 aromatic rings. The van der Waals surface area contributed by atoms with E-state index in [0.717, 1.165) is 5.56 Å². The average Bonchev–Trinajstić information content (AvgIpc) is 2.50. The highest BCUT2D eigenvalue weighted by Crippen LogP contribution is 2.25. The van der Waals surface area contributed by atoms with E-state index < -0.39 is 11.6 Å². The van der Waals surface area contributed by atoms with Crippen molar-refractivity contribution in [3.05, 3.63) is 69.2 Å². The van der Waals surface area contributed by atoms with Crippen LogP contribution < -0.4 is 0 Å². The highest BCUT2D eigenvalue weighted by Gasteiger charge is 2.26. The lowest BCUT2D eigenvalue weighted by atomic mass is 9.98. The van der Waals surface area contributed by atoms with Crippen LogP contribution in [0.1, 0.15) is 21.5 Å². The molecule has 108 valence electrons. The number of hydrogen-bond donors (Lipinski definition) is 0. The number of carbonyl (C=O) groups excluding carboxylic acids is 1. The molecular formula is C16H12BrF2NO. The fourth-order valence-corrected chi connectivity index (χ4v) is 2.90. The maximum absolute atomic E-state index is 14.0. The summed E-state index contributed by atoms with van der Waals surface area (Å²) in [5, 5.41) is 0. The molecule has 2 nitrogen and oxygen atoms in total. The summed E-state index contributed by atoms with van der Waals surface area (Å²) in [6, 6.07) is 9.85. The number of hydrogen-bond acceptors (Lipinski definition) is 1. The van der Waals surface area contributed by atoms with Crippen LogP contribution in [-0.2, 0) is 13.0 Å². The minimum absolute atomic E-state index is 0.0652. The highest BCUT2D eigenvalue weighted by molar-refractivity contribution is 9.10. The van der Waals surface area contributed by atoms with Crippen molar-refractivity contribution < 1.29 is 13.6 Å². The summed E-state index contributed by atoms with van der Waals surface area (Å²) < 4.78 is 28.0. The van der Waals surface area contributed by atoms with Crippen LogP contribution in [0.2, 0.25) is 0 Å². The SMILES string of the molecule is O=C1c2ccccc2CCN1Cc1c(F)ccc(Br)c1F. The first-order chi connectivity index (χ1) is 10.1. The Balaban J connectivity index is 1.91. The molecule has 0 aromatic heterocycles. The summed E-state index contributed by atoms with van der Waals surface area (Å²) in [5.41, 5.74) is 1.51. The first-order valence-electron chi connectivity index (χ1n) is 6.57. The summed E-state index contributed by atoms with van der Waals surface area (Å²) in [6.07, 6.45) is 0.694. The Morgan fingerprint density at radius 1 is 1.14 bits per heavy atom. The third-order valence-electron chi connectivity index (χ3n) is 3.67. The molecule has 21 heavy (non-hydrogen) atoms. The number of halogens is 3. The van der Waals surface area contributed by atoms with E-state index >= 15 is 0 Å². The van der Waals surface area contributed by atoms with Crippen molar-refractivity contribution in [1.29, 1.82) is 0 Å². The Labute approximate surface area is 129 Å². The minimum atomic E-state index is -0.651. The largest absolute Gasteiger partial charge is 0.334 e. The quantitative estimate of drug-likeness (QED) is 0.750. The maximum Gasteiger partial charge on any atom is 0.254 e. The van der Waals surface area contributed by atoms with Crippen molar-refractivity contribution in [3.63, 3.8) is 0 Å². The van der Waals surface area contributed by atoms with Gasteiger partial charge in [0.2, 0.25) is 0 Å². The second-order valence-electron chi connectivity index (χ2n) is 4.96. The van der Waals surface area contributed by atoms with Gasteiger partial charge in [-0.2, -0.15) is 0 Å². The van der Waals surface area contributed by atoms with Gasteiger partial charge in [-0.15, -0.1) is 0 Å². The molecule has 2 aromatic carbocycles. The number of rotatable bonds is 2. The lowest BCUT2D eigenvalue weighted by Gasteiger charge is -2.29. The summed E-state index contributed by atoms with van der Waals surface area (Å²) >= 11 is 3.04. The molecule has 5 heteroatoms. The van der Waals surface area contributed by atoms with Crippen LogP contribution in [0, 0.1) is 11.6 Å². The molecule has 1 amide bonds. The van der Waals surface area contributed by atoms with Crippen LogP contribution in [-0.4, -0.2) is 17.4 Å². The highest BCUT2D eigenvalue weighted by atomic mass is 79.9. The van der Waals surface area contributed by atoms with Gasteiger partial charge in [0.1, 0.15) is 11.6 Å². The first kappa shape index (κ1) is 14.2. The fourth-order valence-electron chi connectivity index (χ4n) is 2.53. The van der Waals surface area contributed by atoms with Crippen molar-refractivity contribution >= 4 is 21.8 Å². The zero-order valence-electron chi connectivity index (χ0n) is 11.1. The van der Waals surface area contributed by atoms with Crippen LogP contribution in [0.15, 0.2) is 40.9 Å². The monoisotopic (exact) mass is 351 g/mol. The van der Waals surface area contributed by atoms with Crippen LogP contribution in [0.3, 0.4) is 0 Å². The number of nitrogens with zero attached hydrogens (tertiary/aromatic N) is 1. The predicted octanol–water partition coefficient (Wildman–Crippen LogP) is 3.93. The van der Waals surface area contributed by atoms with Gasteiger partial charge < -0.3 is 4.90 Å². The number of amides is 1. The molecule has 0 aliphatic carbocycles. The standard InChI is InChI=1S/C16H12BrF2NO/c17-13-5-6-14(18)12(15(13)19)9-20-8-7-10-3-1-2-4-11(10)16(20)21/h1-6H,7-9H2. The van der Waals surface area contributed by atoms with Crippen LogP contribution in [0.4, 0.5) is 8.78 Å². The fraction of sp³-hybridized carbons (Fsp3) is 0.188. The first-order valence-corrected chi connectivity index (χ1v) is 7.37. The number of fused-ring (bicyclic) bond motifs is 1. The summed E-state index contributed by atoms with van der Waals surface area (Å²) in [7, 11) is 0. The Hall–Kier alpha value is -1.75. The Kier molecular flexibility index (Phi) is 3.76. The van der Waals surface area contributed by atoms with Gasteiger partial charge in [-0.05, 0) is 46.1 Å². The molecule has 0 fully saturated rings. The molecule has 0 saturated carbocycles. The van der Waals surface area contributed by atoms with E-state index in [2.05, 4.69) is 15.9 Å². The van der Waals surface area contributed by atoms with Gasteiger partial charge in [0.15, 0.2) is 0 Å². The van der Waals surface area contributed by atoms with E-state index in [1.807, 2.05) is 12.1 Å². The van der Waals surface area contributed by atoms with E-state index in [-0.39, 0.29) is 22.5 Å². The Bertz CT molecular complexity index is 717.